The Morgan fingerprint density at radius 1 is 1.55 bits per heavy atom. The molecule has 6 heteroatoms. The molecular formula is C5H10N2O3S. The molecule has 0 unspecified atom stereocenters. The maximum Gasteiger partial charge on any atom is 0.366 e. The van der Waals surface area contributed by atoms with Gasteiger partial charge in [-0.15, -0.1) is 0 Å². The Morgan fingerprint density at radius 2 is 2.18 bits per heavy atom. The standard InChI is InChI=1S/C4H6N2O3S.CH4/c1-9-10(7,8)6-3-2-5-4-6;/h2-4H,1H3;1H4. The van der Waals surface area contributed by atoms with Gasteiger partial charge in [0.25, 0.3) is 0 Å². The predicted octanol–water partition coefficient (Wildman–Crippen LogP) is 0.259. The van der Waals surface area contributed by atoms with E-state index >= 15 is 0 Å². The van der Waals surface area contributed by atoms with Gasteiger partial charge in [-0.25, -0.2) is 8.96 Å². The van der Waals surface area contributed by atoms with Gasteiger partial charge in [-0.05, 0) is 0 Å². The third-order valence-corrected chi connectivity index (χ3v) is 2.10. The minimum Gasteiger partial charge on any atom is -0.257 e. The van der Waals surface area contributed by atoms with Gasteiger partial charge in [0.2, 0.25) is 0 Å². The molecule has 0 fully saturated rings. The van der Waals surface area contributed by atoms with E-state index in [1.165, 1.54) is 12.4 Å². The van der Waals surface area contributed by atoms with E-state index < -0.39 is 10.3 Å². The predicted molar refractivity (Wildman–Crippen MR) is 40.3 cm³/mol. The Hall–Kier alpha value is -0.880. The lowest BCUT2D eigenvalue weighted by Crippen LogP contribution is -2.11. The molecule has 0 saturated heterocycles. The molecule has 1 aromatic rings. The van der Waals surface area contributed by atoms with E-state index in [1.807, 2.05) is 0 Å². The largest absolute Gasteiger partial charge is 0.366 e. The van der Waals surface area contributed by atoms with Gasteiger partial charge < -0.3 is 0 Å². The molecule has 0 aromatic carbocycles. The Morgan fingerprint density at radius 3 is 2.55 bits per heavy atom. The van der Waals surface area contributed by atoms with E-state index in [9.17, 15) is 8.42 Å². The van der Waals surface area contributed by atoms with Gasteiger partial charge in [0.05, 0.1) is 7.11 Å². The zero-order chi connectivity index (χ0) is 7.61. The first-order chi connectivity index (χ1) is 4.67. The molecule has 0 saturated carbocycles. The molecule has 0 N–H and O–H groups in total. The van der Waals surface area contributed by atoms with Gasteiger partial charge in [0.15, 0.2) is 0 Å². The first-order valence-corrected chi connectivity index (χ1v) is 3.82. The Labute approximate surface area is 65.9 Å². The second-order valence-corrected chi connectivity index (χ2v) is 3.13. The molecular weight excluding hydrogens is 168 g/mol. The average Bonchev–Trinajstić information content (AvgIpc) is 2.38. The van der Waals surface area contributed by atoms with Crippen LogP contribution in [-0.2, 0) is 14.5 Å². The van der Waals surface area contributed by atoms with Crippen LogP contribution in [0.1, 0.15) is 7.43 Å². The molecule has 0 radical (unpaired) electrons. The number of nitrogens with zero attached hydrogens (tertiary/aromatic N) is 2. The minimum absolute atomic E-state index is 0. The topological polar surface area (TPSA) is 61.2 Å². The van der Waals surface area contributed by atoms with E-state index in [1.54, 1.807) is 0 Å². The molecule has 0 aliphatic rings. The van der Waals surface area contributed by atoms with Crippen LogP contribution in [0.2, 0.25) is 0 Å². The lowest BCUT2D eigenvalue weighted by molar-refractivity contribution is 0.390. The summed E-state index contributed by atoms with van der Waals surface area (Å²) in [4.78, 5) is 3.54. The van der Waals surface area contributed by atoms with Gasteiger partial charge in [-0.2, -0.15) is 8.42 Å². The molecule has 0 bridgehead atoms. The number of hydrogen-bond acceptors (Lipinski definition) is 4. The van der Waals surface area contributed by atoms with Crippen molar-refractivity contribution in [3.05, 3.63) is 18.7 Å². The number of hydrogen-bond donors (Lipinski definition) is 0. The van der Waals surface area contributed by atoms with E-state index in [2.05, 4.69) is 9.17 Å². The molecule has 1 aromatic heterocycles. The number of aromatic nitrogens is 2. The summed E-state index contributed by atoms with van der Waals surface area (Å²) in [5, 5.41) is 0. The highest BCUT2D eigenvalue weighted by Gasteiger charge is 2.08. The molecule has 11 heavy (non-hydrogen) atoms. The molecule has 0 aliphatic heterocycles. The zero-order valence-electron chi connectivity index (χ0n) is 5.26. The fourth-order valence-electron chi connectivity index (χ4n) is 0.465. The number of imidazole rings is 1. The molecule has 0 spiro atoms. The minimum atomic E-state index is -3.60. The third kappa shape index (κ3) is 2.02. The summed E-state index contributed by atoms with van der Waals surface area (Å²) in [5.74, 6) is 0. The van der Waals surface area contributed by atoms with E-state index in [0.29, 0.717) is 0 Å². The molecule has 64 valence electrons. The Balaban J connectivity index is 0.000001000. The highest BCUT2D eigenvalue weighted by atomic mass is 32.2. The molecule has 1 heterocycles. The molecule has 1 rings (SSSR count). The van der Waals surface area contributed by atoms with Crippen LogP contribution in [0.3, 0.4) is 0 Å². The highest BCUT2D eigenvalue weighted by Crippen LogP contribution is 1.95. The fourth-order valence-corrected chi connectivity index (χ4v) is 1.01. The maximum atomic E-state index is 10.8. The Bertz CT molecular complexity index is 290. The Kier molecular flexibility index (Phi) is 3.21. The molecule has 0 aliphatic carbocycles. The SMILES string of the molecule is C.COS(=O)(=O)n1ccnc1. The highest BCUT2D eigenvalue weighted by molar-refractivity contribution is 7.85. The van der Waals surface area contributed by atoms with Crippen LogP contribution in [0.5, 0.6) is 0 Å². The second kappa shape index (κ2) is 3.49. The van der Waals surface area contributed by atoms with Crippen LogP contribution >= 0.6 is 0 Å². The van der Waals surface area contributed by atoms with Crippen molar-refractivity contribution < 1.29 is 12.6 Å². The van der Waals surface area contributed by atoms with Gasteiger partial charge >= 0.3 is 10.3 Å². The van der Waals surface area contributed by atoms with Crippen LogP contribution < -0.4 is 0 Å². The van der Waals surface area contributed by atoms with Crippen molar-refractivity contribution in [1.29, 1.82) is 0 Å². The average molecular weight is 178 g/mol. The first kappa shape index (κ1) is 10.1. The second-order valence-electron chi connectivity index (χ2n) is 1.52. The summed E-state index contributed by atoms with van der Waals surface area (Å²) in [6.45, 7) is 0. The normalized spacial score (nSPS) is 10.6. The summed E-state index contributed by atoms with van der Waals surface area (Å²) in [7, 11) is -2.51. The lowest BCUT2D eigenvalue weighted by atomic mass is 11.0. The summed E-state index contributed by atoms with van der Waals surface area (Å²) < 4.78 is 26.6. The first-order valence-electron chi connectivity index (χ1n) is 2.46. The van der Waals surface area contributed by atoms with Crippen molar-refractivity contribution in [3.8, 4) is 0 Å². The zero-order valence-corrected chi connectivity index (χ0v) is 6.08. The fraction of sp³-hybridized carbons (Fsp3) is 0.400. The van der Waals surface area contributed by atoms with Crippen molar-refractivity contribution >= 4 is 10.3 Å². The molecule has 0 amide bonds. The quantitative estimate of drug-likeness (QED) is 0.651. The van der Waals surface area contributed by atoms with Crippen molar-refractivity contribution in [1.82, 2.24) is 8.96 Å². The summed E-state index contributed by atoms with van der Waals surface area (Å²) in [5.41, 5.74) is 0. The van der Waals surface area contributed by atoms with E-state index in [4.69, 9.17) is 0 Å². The number of rotatable bonds is 2. The van der Waals surface area contributed by atoms with Crippen LogP contribution in [0.25, 0.3) is 0 Å². The summed E-state index contributed by atoms with van der Waals surface area (Å²) in [6, 6.07) is 0. The lowest BCUT2D eigenvalue weighted by Gasteiger charge is -1.98. The summed E-state index contributed by atoms with van der Waals surface area (Å²) in [6.07, 6.45) is 3.80. The van der Waals surface area contributed by atoms with Crippen LogP contribution in [-0.4, -0.2) is 24.5 Å². The van der Waals surface area contributed by atoms with Crippen molar-refractivity contribution in [3.63, 3.8) is 0 Å². The van der Waals surface area contributed by atoms with Crippen LogP contribution in [0, 0.1) is 0 Å². The van der Waals surface area contributed by atoms with Gasteiger partial charge in [0.1, 0.15) is 6.33 Å². The van der Waals surface area contributed by atoms with E-state index in [0.717, 1.165) is 17.4 Å². The van der Waals surface area contributed by atoms with Crippen molar-refractivity contribution in [2.45, 2.75) is 7.43 Å². The summed E-state index contributed by atoms with van der Waals surface area (Å²) >= 11 is 0. The van der Waals surface area contributed by atoms with Crippen LogP contribution in [0.15, 0.2) is 18.7 Å². The maximum absolute atomic E-state index is 10.8. The van der Waals surface area contributed by atoms with Crippen molar-refractivity contribution in [2.24, 2.45) is 0 Å². The third-order valence-electron chi connectivity index (χ3n) is 0.949. The van der Waals surface area contributed by atoms with Crippen molar-refractivity contribution in [2.75, 3.05) is 7.11 Å². The monoisotopic (exact) mass is 178 g/mol. The van der Waals surface area contributed by atoms with Gasteiger partial charge in [-0.3, -0.25) is 4.18 Å². The van der Waals surface area contributed by atoms with Gasteiger partial charge in [0, 0.05) is 12.4 Å². The van der Waals surface area contributed by atoms with Crippen LogP contribution in [0.4, 0.5) is 0 Å². The van der Waals surface area contributed by atoms with Gasteiger partial charge in [-0.1, -0.05) is 7.43 Å². The molecule has 0 atom stereocenters. The smallest absolute Gasteiger partial charge is 0.257 e. The van der Waals surface area contributed by atoms with E-state index in [-0.39, 0.29) is 7.43 Å². The molecule has 5 nitrogen and oxygen atoms in total.